The van der Waals surface area contributed by atoms with E-state index in [1.165, 1.54) is 6.33 Å². The lowest BCUT2D eigenvalue weighted by Gasteiger charge is -2.26. The topological polar surface area (TPSA) is 119 Å². The number of carbonyl (C=O) groups excluding carboxylic acids is 1. The Morgan fingerprint density at radius 2 is 1.97 bits per heavy atom. The van der Waals surface area contributed by atoms with E-state index in [4.69, 9.17) is 9.47 Å². The van der Waals surface area contributed by atoms with Crippen molar-refractivity contribution < 1.29 is 14.3 Å². The molecule has 3 aromatic heterocycles. The summed E-state index contributed by atoms with van der Waals surface area (Å²) in [5.74, 6) is 2.18. The SMILES string of the molecule is CC(C)[C@@H](Nc1ncnc2[nH]c(C(=O)NCc3ccn(C)n3)cc12)c1ccc2c(c1)OCCO2. The number of H-pyrrole nitrogens is 1. The molecule has 1 atom stereocenters. The fraction of sp³-hybridized carbons (Fsp3) is 0.333. The molecule has 1 aliphatic heterocycles. The minimum atomic E-state index is -0.234. The molecule has 3 N–H and O–H groups in total. The summed E-state index contributed by atoms with van der Waals surface area (Å²) in [5, 5.41) is 11.5. The molecule has 1 aromatic carbocycles. The monoisotopic (exact) mass is 461 g/mol. The Bertz CT molecular complexity index is 1330. The van der Waals surface area contributed by atoms with Gasteiger partial charge in [0.1, 0.15) is 36.7 Å². The maximum Gasteiger partial charge on any atom is 0.268 e. The van der Waals surface area contributed by atoms with Crippen LogP contribution in [0.15, 0.2) is 42.9 Å². The molecule has 4 heterocycles. The van der Waals surface area contributed by atoms with E-state index in [1.54, 1.807) is 10.7 Å². The Labute approximate surface area is 196 Å². The summed E-state index contributed by atoms with van der Waals surface area (Å²) in [6.45, 7) is 5.71. The van der Waals surface area contributed by atoms with Gasteiger partial charge in [-0.15, -0.1) is 0 Å². The van der Waals surface area contributed by atoms with Crippen molar-refractivity contribution in [3.63, 3.8) is 0 Å². The average molecular weight is 462 g/mol. The lowest BCUT2D eigenvalue weighted by molar-refractivity contribution is 0.0946. The van der Waals surface area contributed by atoms with Crippen LogP contribution in [0.3, 0.4) is 0 Å². The Balaban J connectivity index is 1.38. The average Bonchev–Trinajstić information content (AvgIpc) is 3.47. The number of aromatic nitrogens is 5. The van der Waals surface area contributed by atoms with E-state index in [9.17, 15) is 4.79 Å². The van der Waals surface area contributed by atoms with Crippen LogP contribution in [-0.2, 0) is 13.6 Å². The van der Waals surface area contributed by atoms with E-state index in [2.05, 4.69) is 44.5 Å². The van der Waals surface area contributed by atoms with Gasteiger partial charge in [-0.25, -0.2) is 9.97 Å². The number of nitrogens with zero attached hydrogens (tertiary/aromatic N) is 4. The maximum absolute atomic E-state index is 12.7. The van der Waals surface area contributed by atoms with Crippen LogP contribution in [0.4, 0.5) is 5.82 Å². The van der Waals surface area contributed by atoms with Gasteiger partial charge in [0.25, 0.3) is 5.91 Å². The Kier molecular flexibility index (Phi) is 5.79. The van der Waals surface area contributed by atoms with Crippen LogP contribution in [0.25, 0.3) is 11.0 Å². The van der Waals surface area contributed by atoms with Gasteiger partial charge in [0.15, 0.2) is 11.5 Å². The van der Waals surface area contributed by atoms with Crippen LogP contribution >= 0.6 is 0 Å². The third-order valence-electron chi connectivity index (χ3n) is 5.75. The number of anilines is 1. The summed E-state index contributed by atoms with van der Waals surface area (Å²) >= 11 is 0. The number of hydrogen-bond donors (Lipinski definition) is 3. The predicted molar refractivity (Wildman–Crippen MR) is 127 cm³/mol. The summed E-state index contributed by atoms with van der Waals surface area (Å²) in [4.78, 5) is 24.6. The number of nitrogens with one attached hydrogen (secondary N) is 3. The van der Waals surface area contributed by atoms with Gasteiger partial charge in [-0.2, -0.15) is 5.10 Å². The Hall–Kier alpha value is -4.08. The molecule has 0 saturated carbocycles. The van der Waals surface area contributed by atoms with Crippen LogP contribution in [0, 0.1) is 5.92 Å². The molecular formula is C24H27N7O3. The normalized spacial score (nSPS) is 13.8. The first-order valence-electron chi connectivity index (χ1n) is 11.2. The Morgan fingerprint density at radius 3 is 2.74 bits per heavy atom. The van der Waals surface area contributed by atoms with Gasteiger partial charge in [-0.05, 0) is 35.7 Å². The molecular weight excluding hydrogens is 434 g/mol. The second kappa shape index (κ2) is 9.05. The fourth-order valence-electron chi connectivity index (χ4n) is 4.04. The molecule has 0 spiro atoms. The van der Waals surface area contributed by atoms with Gasteiger partial charge in [-0.1, -0.05) is 19.9 Å². The van der Waals surface area contributed by atoms with Crippen molar-refractivity contribution in [1.82, 2.24) is 30.0 Å². The van der Waals surface area contributed by atoms with Gasteiger partial charge in [-0.3, -0.25) is 9.48 Å². The van der Waals surface area contributed by atoms with Crippen LogP contribution in [-0.4, -0.2) is 43.9 Å². The zero-order valence-electron chi connectivity index (χ0n) is 19.3. The van der Waals surface area contributed by atoms with E-state index < -0.39 is 0 Å². The quantitative estimate of drug-likeness (QED) is 0.387. The standard InChI is InChI=1S/C24H27N7O3/c1-14(2)21(15-4-5-19-20(10-15)34-9-8-33-19)29-23-17-11-18(28-22(17)26-13-27-23)24(32)25-12-16-6-7-31(3)30-16/h4-7,10-11,13-14,21H,8-9,12H2,1-3H3,(H,25,32)(H2,26,27,28,29)/t21-/m1/s1. The lowest BCUT2D eigenvalue weighted by Crippen LogP contribution is -2.23. The van der Waals surface area contributed by atoms with Crippen molar-refractivity contribution in [1.29, 1.82) is 0 Å². The number of rotatable bonds is 7. The van der Waals surface area contributed by atoms with E-state index in [0.717, 1.165) is 28.1 Å². The molecule has 5 rings (SSSR count). The highest BCUT2D eigenvalue weighted by Crippen LogP contribution is 2.36. The van der Waals surface area contributed by atoms with E-state index >= 15 is 0 Å². The second-order valence-corrected chi connectivity index (χ2v) is 8.60. The highest BCUT2D eigenvalue weighted by Gasteiger charge is 2.22. The number of aryl methyl sites for hydroxylation is 1. The molecule has 0 aliphatic carbocycles. The molecule has 0 fully saturated rings. The molecule has 10 nitrogen and oxygen atoms in total. The second-order valence-electron chi connectivity index (χ2n) is 8.60. The van der Waals surface area contributed by atoms with Gasteiger partial charge < -0.3 is 25.1 Å². The Morgan fingerprint density at radius 1 is 1.15 bits per heavy atom. The van der Waals surface area contributed by atoms with Crippen molar-refractivity contribution in [2.75, 3.05) is 18.5 Å². The molecule has 1 aliphatic rings. The van der Waals surface area contributed by atoms with Crippen molar-refractivity contribution in [2.45, 2.75) is 26.4 Å². The summed E-state index contributed by atoms with van der Waals surface area (Å²) in [6.07, 6.45) is 3.32. The molecule has 176 valence electrons. The molecule has 34 heavy (non-hydrogen) atoms. The smallest absolute Gasteiger partial charge is 0.268 e. The van der Waals surface area contributed by atoms with Crippen LogP contribution in [0.1, 0.15) is 41.6 Å². The van der Waals surface area contributed by atoms with Gasteiger partial charge in [0, 0.05) is 13.2 Å². The van der Waals surface area contributed by atoms with Crippen molar-refractivity contribution >= 4 is 22.8 Å². The zero-order valence-corrected chi connectivity index (χ0v) is 19.3. The highest BCUT2D eigenvalue weighted by atomic mass is 16.6. The summed E-state index contributed by atoms with van der Waals surface area (Å²) in [5.41, 5.74) is 2.85. The first kappa shape index (κ1) is 21.7. The van der Waals surface area contributed by atoms with Crippen LogP contribution in [0.2, 0.25) is 0 Å². The summed E-state index contributed by atoms with van der Waals surface area (Å²) in [7, 11) is 1.84. The molecule has 0 radical (unpaired) electrons. The number of benzene rings is 1. The predicted octanol–water partition coefficient (Wildman–Crippen LogP) is 3.20. The number of aromatic amines is 1. The van der Waals surface area contributed by atoms with Crippen LogP contribution < -0.4 is 20.1 Å². The molecule has 4 aromatic rings. The minimum Gasteiger partial charge on any atom is -0.486 e. The summed E-state index contributed by atoms with van der Waals surface area (Å²) < 4.78 is 13.1. The van der Waals surface area contributed by atoms with Gasteiger partial charge >= 0.3 is 0 Å². The number of fused-ring (bicyclic) bond motifs is 2. The first-order chi connectivity index (χ1) is 16.5. The molecule has 0 unspecified atom stereocenters. The molecule has 1 amide bonds. The number of hydrogen-bond acceptors (Lipinski definition) is 7. The largest absolute Gasteiger partial charge is 0.486 e. The number of amides is 1. The third-order valence-corrected chi connectivity index (χ3v) is 5.75. The first-order valence-corrected chi connectivity index (χ1v) is 11.2. The van der Waals surface area contributed by atoms with Crippen LogP contribution in [0.5, 0.6) is 11.5 Å². The number of carbonyl (C=O) groups is 1. The van der Waals surface area contributed by atoms with Gasteiger partial charge in [0.05, 0.1) is 23.7 Å². The van der Waals surface area contributed by atoms with E-state index in [0.29, 0.717) is 36.9 Å². The maximum atomic E-state index is 12.7. The van der Waals surface area contributed by atoms with Crippen molar-refractivity contribution in [3.05, 3.63) is 59.8 Å². The molecule has 0 saturated heterocycles. The molecule has 0 bridgehead atoms. The zero-order chi connectivity index (χ0) is 23.7. The fourth-order valence-corrected chi connectivity index (χ4v) is 4.04. The van der Waals surface area contributed by atoms with E-state index in [1.807, 2.05) is 37.5 Å². The van der Waals surface area contributed by atoms with E-state index in [-0.39, 0.29) is 17.9 Å². The lowest BCUT2D eigenvalue weighted by atomic mass is 9.95. The highest BCUT2D eigenvalue weighted by molar-refractivity contribution is 5.99. The molecule has 10 heteroatoms. The minimum absolute atomic E-state index is 0.0368. The van der Waals surface area contributed by atoms with Gasteiger partial charge in [0.2, 0.25) is 0 Å². The third kappa shape index (κ3) is 4.39. The van der Waals surface area contributed by atoms with Crippen molar-refractivity contribution in [3.8, 4) is 11.5 Å². The van der Waals surface area contributed by atoms with Crippen molar-refractivity contribution in [2.24, 2.45) is 13.0 Å². The summed E-state index contributed by atoms with van der Waals surface area (Å²) in [6, 6.07) is 9.59. The number of ether oxygens (including phenoxy) is 2.